The van der Waals surface area contributed by atoms with Crippen molar-refractivity contribution in [2.45, 2.75) is 47.5 Å². The minimum atomic E-state index is -0.126. The maximum absolute atomic E-state index is 12.1. The predicted molar refractivity (Wildman–Crippen MR) is 152 cm³/mol. The maximum atomic E-state index is 12.1. The second kappa shape index (κ2) is 13.1. The maximum Gasteiger partial charge on any atom is 0.251 e. The summed E-state index contributed by atoms with van der Waals surface area (Å²) in [6.45, 7) is 13.1. The van der Waals surface area contributed by atoms with Gasteiger partial charge < -0.3 is 20.3 Å². The average Bonchev–Trinajstić information content (AvgIpc) is 2.88. The molecule has 0 aliphatic rings. The van der Waals surface area contributed by atoms with Crippen LogP contribution in [0.25, 0.3) is 0 Å². The predicted octanol–water partition coefficient (Wildman–Crippen LogP) is 5.80. The molecule has 3 rings (SSSR count). The van der Waals surface area contributed by atoms with Gasteiger partial charge >= 0.3 is 0 Å². The van der Waals surface area contributed by atoms with Crippen molar-refractivity contribution >= 4 is 23.2 Å². The van der Waals surface area contributed by atoms with Crippen LogP contribution in [0.2, 0.25) is 0 Å². The van der Waals surface area contributed by atoms with Gasteiger partial charge in [-0.3, -0.25) is 4.79 Å². The number of ether oxygens (including phenoxy) is 1. The topological polar surface area (TPSA) is 79.4 Å². The summed E-state index contributed by atoms with van der Waals surface area (Å²) in [5.74, 6) is 2.37. The molecule has 1 amide bonds. The van der Waals surface area contributed by atoms with Gasteiger partial charge in [0.25, 0.3) is 5.91 Å². The third-order valence-corrected chi connectivity index (χ3v) is 6.22. The van der Waals surface area contributed by atoms with E-state index in [4.69, 9.17) is 4.74 Å². The Bertz CT molecular complexity index is 1150. The number of hydrogen-bond donors (Lipinski definition) is 2. The molecule has 1 aromatic heterocycles. The lowest BCUT2D eigenvalue weighted by Crippen LogP contribution is -2.31. The number of nitrogens with zero attached hydrogens (tertiary/aromatic N) is 3. The molecule has 198 valence electrons. The number of benzene rings is 2. The second-order valence-electron chi connectivity index (χ2n) is 10.3. The van der Waals surface area contributed by atoms with E-state index in [1.165, 1.54) is 5.69 Å². The quantitative estimate of drug-likeness (QED) is 0.325. The van der Waals surface area contributed by atoms with Crippen molar-refractivity contribution in [3.05, 3.63) is 71.0 Å². The number of nitrogens with one attached hydrogen (secondary N) is 2. The molecule has 7 nitrogen and oxygen atoms in total. The summed E-state index contributed by atoms with van der Waals surface area (Å²) in [6.07, 6.45) is 5.23. The van der Waals surface area contributed by atoms with Crippen LogP contribution < -0.4 is 20.3 Å². The Morgan fingerprint density at radius 2 is 1.59 bits per heavy atom. The number of hydrogen-bond acceptors (Lipinski definition) is 6. The molecule has 2 N–H and O–H groups in total. The van der Waals surface area contributed by atoms with Gasteiger partial charge in [0.1, 0.15) is 5.75 Å². The third-order valence-electron chi connectivity index (χ3n) is 6.22. The fraction of sp³-hybridized carbons (Fsp3) is 0.433. The molecule has 37 heavy (non-hydrogen) atoms. The minimum Gasteiger partial charge on any atom is -0.496 e. The zero-order valence-corrected chi connectivity index (χ0v) is 23.3. The van der Waals surface area contributed by atoms with Crippen molar-refractivity contribution in [1.29, 1.82) is 0 Å². The van der Waals surface area contributed by atoms with Crippen LogP contribution >= 0.6 is 0 Å². The number of rotatable bonds is 12. The van der Waals surface area contributed by atoms with Gasteiger partial charge in [0.15, 0.2) is 0 Å². The molecule has 0 fully saturated rings. The molecule has 7 heteroatoms. The fourth-order valence-corrected chi connectivity index (χ4v) is 4.37. The number of aromatic nitrogens is 2. The van der Waals surface area contributed by atoms with Crippen molar-refractivity contribution < 1.29 is 9.53 Å². The number of anilines is 3. The summed E-state index contributed by atoms with van der Waals surface area (Å²) < 4.78 is 5.48. The molecule has 1 heterocycles. The van der Waals surface area contributed by atoms with E-state index in [2.05, 4.69) is 77.5 Å². The molecule has 0 atom stereocenters. The Labute approximate surface area is 221 Å². The number of aryl methyl sites for hydroxylation is 2. The lowest BCUT2D eigenvalue weighted by atomic mass is 9.98. The van der Waals surface area contributed by atoms with E-state index >= 15 is 0 Å². The first-order valence-electron chi connectivity index (χ1n) is 13.0. The van der Waals surface area contributed by atoms with Gasteiger partial charge in [-0.1, -0.05) is 27.7 Å². The summed E-state index contributed by atoms with van der Waals surface area (Å²) in [4.78, 5) is 23.6. The summed E-state index contributed by atoms with van der Waals surface area (Å²) in [7, 11) is 3.25. The number of carbonyl (C=O) groups excluding carboxylic acids is 1. The summed E-state index contributed by atoms with van der Waals surface area (Å²) in [5.41, 5.74) is 5.93. The number of carbonyl (C=O) groups is 1. The molecule has 0 unspecified atom stereocenters. The molecule has 0 aliphatic heterocycles. The van der Waals surface area contributed by atoms with Crippen LogP contribution in [0.5, 0.6) is 5.75 Å². The van der Waals surface area contributed by atoms with Crippen LogP contribution in [0.3, 0.4) is 0 Å². The SMILES string of the molecule is CNC(=O)c1cc(CCc2cnc(Nc3ccc(N(CC(C)C)CC(C)C)cc3)nc2)c(C)c(OC)c1. The van der Waals surface area contributed by atoms with Gasteiger partial charge in [-0.25, -0.2) is 9.97 Å². The van der Waals surface area contributed by atoms with Crippen molar-refractivity contribution in [2.75, 3.05) is 37.5 Å². The molecule has 0 spiro atoms. The minimum absolute atomic E-state index is 0.126. The van der Waals surface area contributed by atoms with Crippen molar-refractivity contribution in [2.24, 2.45) is 11.8 Å². The zero-order valence-electron chi connectivity index (χ0n) is 23.3. The first-order valence-corrected chi connectivity index (χ1v) is 13.0. The van der Waals surface area contributed by atoms with Crippen molar-refractivity contribution in [1.82, 2.24) is 15.3 Å². The Balaban J connectivity index is 1.64. The smallest absolute Gasteiger partial charge is 0.251 e. The van der Waals surface area contributed by atoms with Gasteiger partial charge in [0, 0.05) is 49.5 Å². The zero-order chi connectivity index (χ0) is 26.9. The molecular formula is C30H41N5O2. The highest BCUT2D eigenvalue weighted by Crippen LogP contribution is 2.26. The Hall–Kier alpha value is -3.61. The Morgan fingerprint density at radius 3 is 2.14 bits per heavy atom. The van der Waals surface area contributed by atoms with Crippen LogP contribution in [0.4, 0.5) is 17.3 Å². The van der Waals surface area contributed by atoms with E-state index in [1.54, 1.807) is 20.2 Å². The van der Waals surface area contributed by atoms with Gasteiger partial charge in [0.2, 0.25) is 5.95 Å². The van der Waals surface area contributed by atoms with Crippen molar-refractivity contribution in [3.63, 3.8) is 0 Å². The van der Waals surface area contributed by atoms with Crippen LogP contribution in [0.15, 0.2) is 48.8 Å². The first kappa shape index (κ1) is 28.0. The Kier molecular flexibility index (Phi) is 9.89. The molecule has 0 saturated heterocycles. The number of amides is 1. The highest BCUT2D eigenvalue weighted by Gasteiger charge is 2.13. The summed E-state index contributed by atoms with van der Waals surface area (Å²) in [5, 5.41) is 5.98. The monoisotopic (exact) mass is 503 g/mol. The van der Waals surface area contributed by atoms with Gasteiger partial charge in [0.05, 0.1) is 7.11 Å². The molecular weight excluding hydrogens is 462 g/mol. The summed E-state index contributed by atoms with van der Waals surface area (Å²) in [6, 6.07) is 12.2. The third kappa shape index (κ3) is 7.94. The number of methoxy groups -OCH3 is 1. The van der Waals surface area contributed by atoms with Crippen LogP contribution in [0.1, 0.15) is 54.7 Å². The van der Waals surface area contributed by atoms with E-state index in [-0.39, 0.29) is 5.91 Å². The molecule has 0 aliphatic carbocycles. The normalized spacial score (nSPS) is 11.1. The van der Waals surface area contributed by atoms with E-state index in [1.807, 2.05) is 25.4 Å². The second-order valence-corrected chi connectivity index (χ2v) is 10.3. The standard InChI is InChI=1S/C30H41N5O2/c1-20(2)18-35(19-21(3)4)27-12-10-26(11-13-27)34-30-32-16-23(17-33-30)8-9-24-14-25(29(36)31-6)15-28(37-7)22(24)5/h10-17,20-21H,8-9,18-19H2,1-7H3,(H,31,36)(H,32,33,34). The van der Waals surface area contributed by atoms with E-state index < -0.39 is 0 Å². The lowest BCUT2D eigenvalue weighted by molar-refractivity contribution is 0.0962. The molecule has 2 aromatic carbocycles. The molecule has 0 saturated carbocycles. The van der Waals surface area contributed by atoms with E-state index in [0.29, 0.717) is 23.3 Å². The first-order chi connectivity index (χ1) is 17.7. The van der Waals surface area contributed by atoms with E-state index in [0.717, 1.165) is 54.1 Å². The largest absolute Gasteiger partial charge is 0.496 e. The van der Waals surface area contributed by atoms with Gasteiger partial charge in [-0.2, -0.15) is 0 Å². The van der Waals surface area contributed by atoms with Gasteiger partial charge in [-0.05, 0) is 84.7 Å². The van der Waals surface area contributed by atoms with Crippen LogP contribution in [-0.4, -0.2) is 43.1 Å². The fourth-order valence-electron chi connectivity index (χ4n) is 4.37. The molecule has 0 radical (unpaired) electrons. The van der Waals surface area contributed by atoms with Gasteiger partial charge in [-0.15, -0.1) is 0 Å². The van der Waals surface area contributed by atoms with Crippen LogP contribution in [0, 0.1) is 18.8 Å². The van der Waals surface area contributed by atoms with E-state index in [9.17, 15) is 4.79 Å². The Morgan fingerprint density at radius 1 is 0.973 bits per heavy atom. The highest BCUT2D eigenvalue weighted by molar-refractivity contribution is 5.94. The molecule has 3 aromatic rings. The molecule has 0 bridgehead atoms. The average molecular weight is 504 g/mol. The highest BCUT2D eigenvalue weighted by atomic mass is 16.5. The summed E-state index contributed by atoms with van der Waals surface area (Å²) >= 11 is 0. The lowest BCUT2D eigenvalue weighted by Gasteiger charge is -2.28. The van der Waals surface area contributed by atoms with Crippen LogP contribution in [-0.2, 0) is 12.8 Å². The van der Waals surface area contributed by atoms with Crippen molar-refractivity contribution in [3.8, 4) is 5.75 Å².